The number of likely N-dealkylation sites (tertiary alicyclic amines) is 1. The van der Waals surface area contributed by atoms with Gasteiger partial charge in [-0.15, -0.1) is 5.10 Å². The number of carboxylic acid groups (broad SMARTS) is 1. The van der Waals surface area contributed by atoms with Gasteiger partial charge in [0.25, 0.3) is 5.91 Å². The quantitative estimate of drug-likeness (QED) is 0.858. The Labute approximate surface area is 111 Å². The Morgan fingerprint density at radius 1 is 1.53 bits per heavy atom. The number of aromatic nitrogens is 3. The second kappa shape index (κ2) is 5.81. The highest BCUT2D eigenvalue weighted by molar-refractivity contribution is 5.91. The molecule has 0 radical (unpaired) electrons. The molecule has 2 heterocycles. The van der Waals surface area contributed by atoms with Crippen LogP contribution in [0.5, 0.6) is 0 Å². The maximum atomic E-state index is 12.2. The molecule has 1 atom stereocenters. The summed E-state index contributed by atoms with van der Waals surface area (Å²) in [4.78, 5) is 25.9. The number of aryl methyl sites for hydroxylation is 1. The van der Waals surface area contributed by atoms with Crippen LogP contribution < -0.4 is 0 Å². The highest BCUT2D eigenvalue weighted by Gasteiger charge is 2.26. The number of carbonyl (C=O) groups excluding carboxylic acids is 1. The molecule has 1 unspecified atom stereocenters. The van der Waals surface area contributed by atoms with Gasteiger partial charge in [-0.25, -0.2) is 0 Å². The van der Waals surface area contributed by atoms with E-state index in [1.807, 2.05) is 0 Å². The van der Waals surface area contributed by atoms with Gasteiger partial charge in [-0.05, 0) is 25.2 Å². The number of rotatable bonds is 4. The van der Waals surface area contributed by atoms with E-state index in [0.29, 0.717) is 25.2 Å². The molecular formula is C12H18N4O3. The number of carboxylic acids is 1. The van der Waals surface area contributed by atoms with Crippen molar-refractivity contribution in [1.82, 2.24) is 19.9 Å². The first-order chi connectivity index (χ1) is 9.06. The molecule has 2 rings (SSSR count). The molecule has 0 aliphatic carbocycles. The second-order valence-corrected chi connectivity index (χ2v) is 4.91. The molecule has 1 amide bonds. The summed E-state index contributed by atoms with van der Waals surface area (Å²) >= 11 is 0. The van der Waals surface area contributed by atoms with Crippen LogP contribution in [0.1, 0.15) is 36.2 Å². The number of carbonyl (C=O) groups is 2. The van der Waals surface area contributed by atoms with Crippen LogP contribution in [0.2, 0.25) is 0 Å². The second-order valence-electron chi connectivity index (χ2n) is 4.91. The molecule has 1 N–H and O–H groups in total. The number of piperidine rings is 1. The summed E-state index contributed by atoms with van der Waals surface area (Å²) < 4.78 is 0. The van der Waals surface area contributed by atoms with Crippen molar-refractivity contribution >= 4 is 11.9 Å². The highest BCUT2D eigenvalue weighted by atomic mass is 16.4. The van der Waals surface area contributed by atoms with Crippen molar-refractivity contribution in [1.29, 1.82) is 0 Å². The van der Waals surface area contributed by atoms with E-state index in [9.17, 15) is 9.59 Å². The molecule has 1 aliphatic rings. The Balaban J connectivity index is 1.93. The molecule has 1 aromatic heterocycles. The molecule has 0 bridgehead atoms. The predicted octanol–water partition coefficient (Wildman–Crippen LogP) is 0.532. The summed E-state index contributed by atoms with van der Waals surface area (Å²) in [5.41, 5.74) is 0.349. The highest BCUT2D eigenvalue weighted by Crippen LogP contribution is 2.22. The number of nitrogens with zero attached hydrogens (tertiary/aromatic N) is 4. The van der Waals surface area contributed by atoms with Gasteiger partial charge in [0.05, 0.1) is 6.20 Å². The average molecular weight is 266 g/mol. The first kappa shape index (κ1) is 13.5. The van der Waals surface area contributed by atoms with Gasteiger partial charge in [-0.3, -0.25) is 9.59 Å². The van der Waals surface area contributed by atoms with Gasteiger partial charge in [0.15, 0.2) is 5.69 Å². The minimum absolute atomic E-state index is 0.117. The monoisotopic (exact) mass is 266 g/mol. The van der Waals surface area contributed by atoms with Crippen molar-refractivity contribution in [3.05, 3.63) is 11.9 Å². The van der Waals surface area contributed by atoms with Crippen molar-refractivity contribution in [2.75, 3.05) is 13.1 Å². The molecule has 0 saturated carbocycles. The van der Waals surface area contributed by atoms with Crippen LogP contribution in [0.4, 0.5) is 0 Å². The Morgan fingerprint density at radius 2 is 2.32 bits per heavy atom. The van der Waals surface area contributed by atoms with Crippen LogP contribution in [0.3, 0.4) is 0 Å². The Hall–Kier alpha value is -1.92. The fourth-order valence-electron chi connectivity index (χ4n) is 2.42. The molecule has 7 heteroatoms. The topological polar surface area (TPSA) is 88.3 Å². The SMILES string of the molecule is Cn1ncc(C(=O)N2CCCC(CCC(=O)O)C2)n1. The van der Waals surface area contributed by atoms with Gasteiger partial charge in [0, 0.05) is 26.6 Å². The van der Waals surface area contributed by atoms with Crippen LogP contribution >= 0.6 is 0 Å². The molecular weight excluding hydrogens is 248 g/mol. The molecule has 7 nitrogen and oxygen atoms in total. The summed E-state index contributed by atoms with van der Waals surface area (Å²) in [6, 6.07) is 0. The predicted molar refractivity (Wildman–Crippen MR) is 66.5 cm³/mol. The van der Waals surface area contributed by atoms with E-state index in [1.165, 1.54) is 11.0 Å². The summed E-state index contributed by atoms with van der Waals surface area (Å²) in [6.07, 6.45) is 4.15. The smallest absolute Gasteiger partial charge is 0.303 e. The van der Waals surface area contributed by atoms with E-state index in [-0.39, 0.29) is 18.2 Å². The fourth-order valence-corrected chi connectivity index (χ4v) is 2.42. The summed E-state index contributed by atoms with van der Waals surface area (Å²) in [5, 5.41) is 16.6. The lowest BCUT2D eigenvalue weighted by atomic mass is 9.93. The van der Waals surface area contributed by atoms with Gasteiger partial charge in [-0.1, -0.05) is 0 Å². The lowest BCUT2D eigenvalue weighted by molar-refractivity contribution is -0.137. The number of hydrogen-bond acceptors (Lipinski definition) is 4. The Bertz CT molecular complexity index is 471. The Kier molecular flexibility index (Phi) is 4.13. The van der Waals surface area contributed by atoms with Gasteiger partial charge in [0.2, 0.25) is 0 Å². The van der Waals surface area contributed by atoms with Crippen LogP contribution in [0.15, 0.2) is 6.20 Å². The zero-order chi connectivity index (χ0) is 13.8. The van der Waals surface area contributed by atoms with E-state index in [4.69, 9.17) is 5.11 Å². The standard InChI is InChI=1S/C12H18N4O3/c1-15-13-7-10(14-15)12(19)16-6-2-3-9(8-16)4-5-11(17)18/h7,9H,2-6,8H2,1H3,(H,17,18). The minimum atomic E-state index is -0.780. The third-order valence-electron chi connectivity index (χ3n) is 3.39. The van der Waals surface area contributed by atoms with E-state index >= 15 is 0 Å². The summed E-state index contributed by atoms with van der Waals surface area (Å²) in [6.45, 7) is 1.32. The van der Waals surface area contributed by atoms with E-state index in [0.717, 1.165) is 12.8 Å². The van der Waals surface area contributed by atoms with Crippen LogP contribution in [0.25, 0.3) is 0 Å². The lowest BCUT2D eigenvalue weighted by Gasteiger charge is -2.32. The number of aliphatic carboxylic acids is 1. The van der Waals surface area contributed by atoms with Crippen molar-refractivity contribution < 1.29 is 14.7 Å². The number of amides is 1. The first-order valence-corrected chi connectivity index (χ1v) is 6.43. The van der Waals surface area contributed by atoms with Crippen LogP contribution in [-0.4, -0.2) is 50.0 Å². The molecule has 1 aliphatic heterocycles. The third kappa shape index (κ3) is 3.52. The van der Waals surface area contributed by atoms with E-state index in [2.05, 4.69) is 10.2 Å². The third-order valence-corrected chi connectivity index (χ3v) is 3.39. The fraction of sp³-hybridized carbons (Fsp3) is 0.667. The maximum Gasteiger partial charge on any atom is 0.303 e. The van der Waals surface area contributed by atoms with Gasteiger partial charge in [0.1, 0.15) is 0 Å². The van der Waals surface area contributed by atoms with Crippen molar-refractivity contribution in [2.24, 2.45) is 13.0 Å². The molecule has 1 saturated heterocycles. The van der Waals surface area contributed by atoms with Gasteiger partial charge < -0.3 is 10.0 Å². The first-order valence-electron chi connectivity index (χ1n) is 6.43. The zero-order valence-corrected chi connectivity index (χ0v) is 10.9. The number of hydrogen-bond donors (Lipinski definition) is 1. The molecule has 104 valence electrons. The summed E-state index contributed by atoms with van der Waals surface area (Å²) in [5.74, 6) is -0.629. The van der Waals surface area contributed by atoms with E-state index < -0.39 is 5.97 Å². The molecule has 0 spiro atoms. The van der Waals surface area contributed by atoms with Crippen molar-refractivity contribution in [3.8, 4) is 0 Å². The minimum Gasteiger partial charge on any atom is -0.481 e. The zero-order valence-electron chi connectivity index (χ0n) is 10.9. The largest absolute Gasteiger partial charge is 0.481 e. The van der Waals surface area contributed by atoms with Crippen molar-refractivity contribution in [3.63, 3.8) is 0 Å². The lowest BCUT2D eigenvalue weighted by Crippen LogP contribution is -2.40. The molecule has 1 fully saturated rings. The van der Waals surface area contributed by atoms with Crippen LogP contribution in [0, 0.1) is 5.92 Å². The molecule has 1 aromatic rings. The van der Waals surface area contributed by atoms with Crippen molar-refractivity contribution in [2.45, 2.75) is 25.7 Å². The average Bonchev–Trinajstić information content (AvgIpc) is 2.82. The molecule has 0 aromatic carbocycles. The van der Waals surface area contributed by atoms with Gasteiger partial charge >= 0.3 is 5.97 Å². The van der Waals surface area contributed by atoms with E-state index in [1.54, 1.807) is 11.9 Å². The molecule has 19 heavy (non-hydrogen) atoms. The normalized spacial score (nSPS) is 19.4. The Morgan fingerprint density at radius 3 is 2.95 bits per heavy atom. The van der Waals surface area contributed by atoms with Gasteiger partial charge in [-0.2, -0.15) is 9.90 Å². The summed E-state index contributed by atoms with van der Waals surface area (Å²) in [7, 11) is 1.67. The van der Waals surface area contributed by atoms with Crippen LogP contribution in [-0.2, 0) is 11.8 Å². The maximum absolute atomic E-state index is 12.2.